The highest BCUT2D eigenvalue weighted by molar-refractivity contribution is 5.41. The first kappa shape index (κ1) is 15.6. The van der Waals surface area contributed by atoms with Crippen LogP contribution < -0.4 is 5.73 Å². The molecular weight excluding hydrogens is 256 g/mol. The van der Waals surface area contributed by atoms with Crippen LogP contribution in [0.2, 0.25) is 0 Å². The van der Waals surface area contributed by atoms with E-state index in [0.29, 0.717) is 0 Å². The first-order valence-electron chi connectivity index (χ1n) is 7.56. The van der Waals surface area contributed by atoms with Gasteiger partial charge in [0.15, 0.2) is 0 Å². The number of rotatable bonds is 6. The Morgan fingerprint density at radius 3 is 2.19 bits per heavy atom. The minimum absolute atomic E-state index is 0.124. The fourth-order valence-corrected chi connectivity index (χ4v) is 2.74. The zero-order valence-electron chi connectivity index (χ0n) is 13.3. The van der Waals surface area contributed by atoms with Crippen LogP contribution in [-0.4, -0.2) is 25.0 Å². The minimum atomic E-state index is 0.124. The molecule has 0 aromatic heterocycles. The maximum absolute atomic E-state index is 5.77. The summed E-state index contributed by atoms with van der Waals surface area (Å²) < 4.78 is 0. The molecule has 0 bridgehead atoms. The second-order valence-corrected chi connectivity index (χ2v) is 6.48. The van der Waals surface area contributed by atoms with Gasteiger partial charge in [-0.3, -0.25) is 0 Å². The molecule has 2 rings (SSSR count). The summed E-state index contributed by atoms with van der Waals surface area (Å²) in [5.74, 6) is 0. The Labute approximate surface area is 128 Å². The molecule has 2 N–H and O–H groups in total. The van der Waals surface area contributed by atoms with E-state index >= 15 is 0 Å². The van der Waals surface area contributed by atoms with Crippen molar-refractivity contribution in [3.05, 3.63) is 65.7 Å². The van der Waals surface area contributed by atoms with E-state index in [9.17, 15) is 0 Å². The third-order valence-corrected chi connectivity index (χ3v) is 3.98. The van der Waals surface area contributed by atoms with Gasteiger partial charge in [0.25, 0.3) is 0 Å². The highest BCUT2D eigenvalue weighted by Crippen LogP contribution is 2.24. The summed E-state index contributed by atoms with van der Waals surface area (Å²) in [6, 6.07) is 18.9. The van der Waals surface area contributed by atoms with Gasteiger partial charge in [0.2, 0.25) is 0 Å². The van der Waals surface area contributed by atoms with Crippen LogP contribution in [0.3, 0.4) is 0 Å². The van der Waals surface area contributed by atoms with Crippen LogP contribution in [0.25, 0.3) is 0 Å². The lowest BCUT2D eigenvalue weighted by Gasteiger charge is -2.31. The summed E-state index contributed by atoms with van der Waals surface area (Å²) in [4.78, 5) is 2.41. The van der Waals surface area contributed by atoms with E-state index in [1.54, 1.807) is 0 Å². The maximum atomic E-state index is 5.77. The monoisotopic (exact) mass is 282 g/mol. The Morgan fingerprint density at radius 2 is 1.57 bits per heavy atom. The van der Waals surface area contributed by atoms with E-state index < -0.39 is 0 Å². The Balaban J connectivity index is 1.91. The van der Waals surface area contributed by atoms with Gasteiger partial charge in [0, 0.05) is 24.2 Å². The molecule has 0 atom stereocenters. The molecule has 0 aliphatic rings. The average Bonchev–Trinajstić information content (AvgIpc) is 2.46. The van der Waals surface area contributed by atoms with Crippen LogP contribution >= 0.6 is 0 Å². The molecule has 0 spiro atoms. The van der Waals surface area contributed by atoms with Crippen molar-refractivity contribution >= 4 is 5.69 Å². The minimum Gasteiger partial charge on any atom is -0.399 e. The highest BCUT2D eigenvalue weighted by atomic mass is 15.1. The van der Waals surface area contributed by atoms with E-state index in [1.165, 1.54) is 11.1 Å². The van der Waals surface area contributed by atoms with Crippen molar-refractivity contribution in [2.75, 3.05) is 25.9 Å². The fourth-order valence-electron chi connectivity index (χ4n) is 2.74. The van der Waals surface area contributed by atoms with Gasteiger partial charge in [-0.25, -0.2) is 0 Å². The molecule has 0 fully saturated rings. The van der Waals surface area contributed by atoms with E-state index in [-0.39, 0.29) is 5.41 Å². The molecular formula is C19H26N2. The van der Waals surface area contributed by atoms with Crippen molar-refractivity contribution in [3.8, 4) is 0 Å². The lowest BCUT2D eigenvalue weighted by molar-refractivity contribution is 0.270. The predicted octanol–water partition coefficient (Wildman–Crippen LogP) is 3.72. The highest BCUT2D eigenvalue weighted by Gasteiger charge is 2.22. The van der Waals surface area contributed by atoms with Crippen molar-refractivity contribution < 1.29 is 0 Å². The summed E-state index contributed by atoms with van der Waals surface area (Å²) in [5, 5.41) is 0. The Kier molecular flexibility index (Phi) is 5.03. The zero-order valence-corrected chi connectivity index (χ0v) is 13.3. The van der Waals surface area contributed by atoms with Crippen molar-refractivity contribution in [3.63, 3.8) is 0 Å². The largest absolute Gasteiger partial charge is 0.399 e. The van der Waals surface area contributed by atoms with Gasteiger partial charge in [0.05, 0.1) is 0 Å². The number of anilines is 1. The van der Waals surface area contributed by atoms with E-state index in [2.05, 4.69) is 68.3 Å². The third-order valence-electron chi connectivity index (χ3n) is 3.98. The van der Waals surface area contributed by atoms with Crippen LogP contribution in [0.5, 0.6) is 0 Å². The summed E-state index contributed by atoms with van der Waals surface area (Å²) in [6.45, 7) is 6.68. The van der Waals surface area contributed by atoms with Gasteiger partial charge >= 0.3 is 0 Å². The Morgan fingerprint density at radius 1 is 0.952 bits per heavy atom. The number of nitrogens with zero attached hydrogens (tertiary/aromatic N) is 1. The number of likely N-dealkylation sites (N-methyl/N-ethyl adjacent to an activating group) is 1. The van der Waals surface area contributed by atoms with Gasteiger partial charge in [0.1, 0.15) is 0 Å². The zero-order chi connectivity index (χ0) is 15.3. The van der Waals surface area contributed by atoms with Gasteiger partial charge in [-0.05, 0) is 36.7 Å². The maximum Gasteiger partial charge on any atom is 0.0314 e. The molecule has 0 aliphatic carbocycles. The van der Waals surface area contributed by atoms with E-state index in [4.69, 9.17) is 5.73 Å². The summed E-state index contributed by atoms with van der Waals surface area (Å²) >= 11 is 0. The van der Waals surface area contributed by atoms with Gasteiger partial charge < -0.3 is 10.6 Å². The smallest absolute Gasteiger partial charge is 0.0314 e. The SMILES string of the molecule is CN(CCc1ccccc1)CC(C)(C)c1ccc(N)cc1. The number of nitrogen functional groups attached to an aromatic ring is 1. The van der Waals surface area contributed by atoms with Crippen LogP contribution in [0.1, 0.15) is 25.0 Å². The number of benzene rings is 2. The molecule has 0 unspecified atom stereocenters. The number of nitrogens with two attached hydrogens (primary N) is 1. The predicted molar refractivity (Wildman–Crippen MR) is 91.5 cm³/mol. The van der Waals surface area contributed by atoms with Crippen LogP contribution in [0, 0.1) is 0 Å². The van der Waals surface area contributed by atoms with Crippen molar-refractivity contribution in [1.82, 2.24) is 4.90 Å². The fraction of sp³-hybridized carbons (Fsp3) is 0.368. The van der Waals surface area contributed by atoms with Gasteiger partial charge in [-0.2, -0.15) is 0 Å². The van der Waals surface area contributed by atoms with Crippen LogP contribution in [0.15, 0.2) is 54.6 Å². The Bertz CT molecular complexity index is 544. The molecule has 2 aromatic carbocycles. The molecule has 2 heteroatoms. The molecule has 0 saturated carbocycles. The van der Waals surface area contributed by atoms with Crippen LogP contribution in [-0.2, 0) is 11.8 Å². The average molecular weight is 282 g/mol. The van der Waals surface area contributed by atoms with Crippen molar-refractivity contribution in [2.45, 2.75) is 25.7 Å². The van der Waals surface area contributed by atoms with Crippen molar-refractivity contribution in [1.29, 1.82) is 0 Å². The summed E-state index contributed by atoms with van der Waals surface area (Å²) in [5.41, 5.74) is 9.46. The molecule has 2 aromatic rings. The molecule has 0 saturated heterocycles. The first-order valence-corrected chi connectivity index (χ1v) is 7.56. The van der Waals surface area contributed by atoms with E-state index in [1.807, 2.05) is 12.1 Å². The molecule has 0 amide bonds. The second kappa shape index (κ2) is 6.77. The third kappa shape index (κ3) is 4.61. The lowest BCUT2D eigenvalue weighted by atomic mass is 9.84. The summed E-state index contributed by atoms with van der Waals surface area (Å²) in [6.07, 6.45) is 1.09. The molecule has 0 heterocycles. The number of hydrogen-bond acceptors (Lipinski definition) is 2. The molecule has 0 aliphatic heterocycles. The normalized spacial score (nSPS) is 11.8. The van der Waals surface area contributed by atoms with Crippen LogP contribution in [0.4, 0.5) is 5.69 Å². The summed E-state index contributed by atoms with van der Waals surface area (Å²) in [7, 11) is 2.20. The van der Waals surface area contributed by atoms with E-state index in [0.717, 1.165) is 25.2 Å². The van der Waals surface area contributed by atoms with Gasteiger partial charge in [-0.1, -0.05) is 56.3 Å². The Hall–Kier alpha value is -1.80. The topological polar surface area (TPSA) is 29.3 Å². The second-order valence-electron chi connectivity index (χ2n) is 6.48. The van der Waals surface area contributed by atoms with Gasteiger partial charge in [-0.15, -0.1) is 0 Å². The van der Waals surface area contributed by atoms with Crippen molar-refractivity contribution in [2.24, 2.45) is 0 Å². The quantitative estimate of drug-likeness (QED) is 0.818. The molecule has 0 radical (unpaired) electrons. The molecule has 112 valence electrons. The standard InChI is InChI=1S/C19H26N2/c1-19(2,17-9-11-18(20)12-10-17)15-21(3)14-13-16-7-5-4-6-8-16/h4-12H,13-15,20H2,1-3H3. The first-order chi connectivity index (χ1) is 9.97. The molecule has 21 heavy (non-hydrogen) atoms. The lowest BCUT2D eigenvalue weighted by Crippen LogP contribution is -2.35. The number of hydrogen-bond donors (Lipinski definition) is 1. The molecule has 2 nitrogen and oxygen atoms in total.